The fraction of sp³-hybridized carbons (Fsp3) is 0.250. The van der Waals surface area contributed by atoms with Crippen LogP contribution in [0.1, 0.15) is 43.1 Å². The summed E-state index contributed by atoms with van der Waals surface area (Å²) in [4.78, 5) is 20.3. The Morgan fingerprint density at radius 3 is 2.49 bits per heavy atom. The van der Waals surface area contributed by atoms with Gasteiger partial charge < -0.3 is 9.64 Å². The molecule has 0 radical (unpaired) electrons. The van der Waals surface area contributed by atoms with Crippen LogP contribution in [0, 0.1) is 0 Å². The van der Waals surface area contributed by atoms with Gasteiger partial charge in [-0.2, -0.15) is 9.78 Å². The number of fused-ring (bicyclic) bond motifs is 1. The first kappa shape index (κ1) is 27.5. The van der Waals surface area contributed by atoms with E-state index in [1.807, 2.05) is 67.5 Å². The molecule has 1 heterocycles. The van der Waals surface area contributed by atoms with E-state index in [2.05, 4.69) is 66.7 Å². The molecular formula is C28H27Br3N4O2. The molecule has 1 aromatic heterocycles. The molecular weight excluding hydrogens is 664 g/mol. The van der Waals surface area contributed by atoms with Gasteiger partial charge in [-0.05, 0) is 48.9 Å². The second-order valence-corrected chi connectivity index (χ2v) is 11.6. The van der Waals surface area contributed by atoms with E-state index < -0.39 is 0 Å². The van der Waals surface area contributed by atoms with E-state index >= 15 is 0 Å². The molecule has 0 aliphatic heterocycles. The number of benzene rings is 3. The first-order chi connectivity index (χ1) is 17.7. The summed E-state index contributed by atoms with van der Waals surface area (Å²) < 4.78 is 10.4. The topological polar surface area (TPSA) is 59.7 Å². The number of rotatable bonds is 8. The molecule has 0 unspecified atom stereocenters. The highest BCUT2D eigenvalue weighted by Gasteiger charge is 2.16. The Morgan fingerprint density at radius 1 is 1.05 bits per heavy atom. The van der Waals surface area contributed by atoms with Gasteiger partial charge in [-0.1, -0.05) is 67.7 Å². The molecule has 0 fully saturated rings. The van der Waals surface area contributed by atoms with Gasteiger partial charge in [0.15, 0.2) is 0 Å². The highest BCUT2D eigenvalue weighted by Crippen LogP contribution is 2.28. The van der Waals surface area contributed by atoms with Crippen molar-refractivity contribution in [1.82, 2.24) is 9.66 Å². The second kappa shape index (κ2) is 11.9. The maximum Gasteiger partial charge on any atom is 0.282 e. The van der Waals surface area contributed by atoms with Gasteiger partial charge in [0.2, 0.25) is 0 Å². The van der Waals surface area contributed by atoms with Gasteiger partial charge >= 0.3 is 0 Å². The predicted molar refractivity (Wildman–Crippen MR) is 162 cm³/mol. The maximum absolute atomic E-state index is 13.5. The predicted octanol–water partition coefficient (Wildman–Crippen LogP) is 7.72. The number of hydrogen-bond donors (Lipinski definition) is 0. The molecule has 0 bridgehead atoms. The van der Waals surface area contributed by atoms with Crippen molar-refractivity contribution in [2.45, 2.75) is 32.8 Å². The lowest BCUT2D eigenvalue weighted by atomic mass is 10.1. The number of anilines is 1. The van der Waals surface area contributed by atoms with Crippen molar-refractivity contribution in [3.63, 3.8) is 0 Å². The van der Waals surface area contributed by atoms with Crippen LogP contribution >= 0.6 is 47.8 Å². The first-order valence-corrected chi connectivity index (χ1v) is 14.2. The number of hydrogen-bond acceptors (Lipinski definition) is 5. The Kier molecular flexibility index (Phi) is 8.87. The summed E-state index contributed by atoms with van der Waals surface area (Å²) in [6, 6.07) is 17.4. The zero-order chi connectivity index (χ0) is 26.7. The molecule has 0 aliphatic rings. The van der Waals surface area contributed by atoms with Gasteiger partial charge in [0, 0.05) is 56.3 Å². The second-order valence-electron chi connectivity index (χ2n) is 8.94. The third-order valence-electron chi connectivity index (χ3n) is 6.11. The maximum atomic E-state index is 13.5. The molecule has 4 aromatic rings. The number of ether oxygens (including phenoxy) is 1. The normalized spacial score (nSPS) is 12.3. The smallest absolute Gasteiger partial charge is 0.282 e. The summed E-state index contributed by atoms with van der Waals surface area (Å²) in [5.41, 5.74) is 3.23. The largest absolute Gasteiger partial charge is 0.488 e. The summed E-state index contributed by atoms with van der Waals surface area (Å²) in [5, 5.41) is 5.15. The molecule has 0 saturated heterocycles. The Balaban J connectivity index is 1.77. The van der Waals surface area contributed by atoms with Crippen molar-refractivity contribution in [2.75, 3.05) is 19.0 Å². The van der Waals surface area contributed by atoms with Crippen molar-refractivity contribution < 1.29 is 4.74 Å². The van der Waals surface area contributed by atoms with Gasteiger partial charge in [0.1, 0.15) is 18.2 Å². The molecule has 6 nitrogen and oxygen atoms in total. The SMILES string of the molecule is CC[C@@H](C)c1nc2ccc(Br)cc2c(=O)n1N=Cc1ccc(N(C)C)cc1OCc1ccc(Br)cc1Br. The molecule has 0 aliphatic carbocycles. The van der Waals surface area contributed by atoms with Crippen LogP contribution in [0.2, 0.25) is 0 Å². The minimum atomic E-state index is -0.205. The van der Waals surface area contributed by atoms with Crippen molar-refractivity contribution in [3.8, 4) is 5.75 Å². The van der Waals surface area contributed by atoms with Crippen LogP contribution in [0.15, 0.2) is 77.9 Å². The lowest BCUT2D eigenvalue weighted by molar-refractivity contribution is 0.305. The fourth-order valence-electron chi connectivity index (χ4n) is 3.73. The average molecular weight is 691 g/mol. The third kappa shape index (κ3) is 6.33. The molecule has 192 valence electrons. The Labute approximate surface area is 241 Å². The summed E-state index contributed by atoms with van der Waals surface area (Å²) in [7, 11) is 3.96. The van der Waals surface area contributed by atoms with Gasteiger partial charge in [0.25, 0.3) is 5.56 Å². The summed E-state index contributed by atoms with van der Waals surface area (Å²) in [5.74, 6) is 1.35. The molecule has 37 heavy (non-hydrogen) atoms. The first-order valence-electron chi connectivity index (χ1n) is 11.8. The molecule has 1 atom stereocenters. The monoisotopic (exact) mass is 688 g/mol. The number of aromatic nitrogens is 2. The molecule has 3 aromatic carbocycles. The Hall–Kier alpha value is -2.49. The quantitative estimate of drug-likeness (QED) is 0.178. The van der Waals surface area contributed by atoms with Crippen LogP contribution in [-0.4, -0.2) is 30.0 Å². The fourth-order valence-corrected chi connectivity index (χ4v) is 5.25. The van der Waals surface area contributed by atoms with Crippen molar-refractivity contribution in [1.29, 1.82) is 0 Å². The van der Waals surface area contributed by atoms with Crippen LogP contribution < -0.4 is 15.2 Å². The van der Waals surface area contributed by atoms with Crippen molar-refractivity contribution in [2.24, 2.45) is 5.10 Å². The van der Waals surface area contributed by atoms with Crippen molar-refractivity contribution >= 4 is 70.6 Å². The van der Waals surface area contributed by atoms with E-state index in [0.717, 1.165) is 36.7 Å². The van der Waals surface area contributed by atoms with Gasteiger partial charge in [-0.3, -0.25) is 4.79 Å². The lowest BCUT2D eigenvalue weighted by Gasteiger charge is -2.17. The minimum absolute atomic E-state index is 0.0551. The van der Waals surface area contributed by atoms with Gasteiger partial charge in [-0.15, -0.1) is 0 Å². The highest BCUT2D eigenvalue weighted by molar-refractivity contribution is 9.11. The third-order valence-corrected chi connectivity index (χ3v) is 7.84. The molecule has 0 spiro atoms. The molecule has 0 amide bonds. The van der Waals surface area contributed by atoms with Gasteiger partial charge in [0.05, 0.1) is 17.1 Å². The van der Waals surface area contributed by atoms with E-state index in [1.165, 1.54) is 4.68 Å². The van der Waals surface area contributed by atoms with Crippen LogP contribution in [0.3, 0.4) is 0 Å². The van der Waals surface area contributed by atoms with Crippen LogP contribution in [0.4, 0.5) is 5.69 Å². The summed E-state index contributed by atoms with van der Waals surface area (Å²) >= 11 is 10.6. The summed E-state index contributed by atoms with van der Waals surface area (Å²) in [6.07, 6.45) is 2.50. The standard InChI is InChI=1S/C28H27Br3N4O2/c1-5-17(2)27-33-25-11-9-20(29)12-23(25)28(36)35(27)32-15-18-7-10-22(34(3)4)14-26(18)37-16-19-6-8-21(30)13-24(19)31/h6-15,17H,5,16H2,1-4H3/t17-/m1/s1. The van der Waals surface area contributed by atoms with E-state index in [9.17, 15) is 4.79 Å². The van der Waals surface area contributed by atoms with E-state index in [0.29, 0.717) is 29.1 Å². The summed E-state index contributed by atoms with van der Waals surface area (Å²) in [6.45, 7) is 4.49. The van der Waals surface area contributed by atoms with Crippen molar-refractivity contribution in [3.05, 3.63) is 95.3 Å². The average Bonchev–Trinajstić information content (AvgIpc) is 2.87. The number of halogens is 3. The van der Waals surface area contributed by atoms with E-state index in [1.54, 1.807) is 12.3 Å². The molecule has 0 saturated carbocycles. The Bertz CT molecular complexity index is 1530. The van der Waals surface area contributed by atoms with Crippen LogP contribution in [-0.2, 0) is 6.61 Å². The zero-order valence-electron chi connectivity index (χ0n) is 21.0. The lowest BCUT2D eigenvalue weighted by Crippen LogP contribution is -2.23. The molecule has 9 heteroatoms. The molecule has 0 N–H and O–H groups in total. The zero-order valence-corrected chi connectivity index (χ0v) is 25.8. The van der Waals surface area contributed by atoms with Crippen LogP contribution in [0.5, 0.6) is 5.75 Å². The van der Waals surface area contributed by atoms with Crippen LogP contribution in [0.25, 0.3) is 10.9 Å². The van der Waals surface area contributed by atoms with E-state index in [-0.39, 0.29) is 11.5 Å². The number of nitrogens with zero attached hydrogens (tertiary/aromatic N) is 4. The molecule has 4 rings (SSSR count). The van der Waals surface area contributed by atoms with E-state index in [4.69, 9.17) is 9.72 Å². The van der Waals surface area contributed by atoms with Gasteiger partial charge in [-0.25, -0.2) is 4.98 Å². The highest BCUT2D eigenvalue weighted by atomic mass is 79.9. The Morgan fingerprint density at radius 2 is 1.78 bits per heavy atom. The minimum Gasteiger partial charge on any atom is -0.488 e.